The van der Waals surface area contributed by atoms with Crippen LogP contribution in [0.1, 0.15) is 79.1 Å². The molecule has 1 N–H and O–H groups in total. The lowest BCUT2D eigenvalue weighted by atomic mass is 9.88. The Morgan fingerprint density at radius 3 is 2.41 bits per heavy atom. The first-order valence-corrected chi connectivity index (χ1v) is 13.9. The molecule has 1 amide bonds. The van der Waals surface area contributed by atoms with E-state index in [9.17, 15) is 4.79 Å². The highest BCUT2D eigenvalue weighted by Gasteiger charge is 2.36. The Bertz CT molecular complexity index is 666. The van der Waals surface area contributed by atoms with E-state index in [-0.39, 0.29) is 5.54 Å². The van der Waals surface area contributed by atoms with Crippen LogP contribution in [-0.2, 0) is 9.32 Å². The molecule has 0 aromatic rings. The third-order valence-electron chi connectivity index (χ3n) is 7.30. The van der Waals surface area contributed by atoms with Crippen LogP contribution in [0.25, 0.3) is 0 Å². The van der Waals surface area contributed by atoms with E-state index in [0.29, 0.717) is 6.04 Å². The zero-order chi connectivity index (χ0) is 23.6. The van der Waals surface area contributed by atoms with Crippen LogP contribution in [0.4, 0.5) is 0 Å². The Morgan fingerprint density at radius 1 is 1.25 bits per heavy atom. The van der Waals surface area contributed by atoms with Crippen LogP contribution in [-0.4, -0.2) is 66.4 Å². The number of nitrogens with zero attached hydrogens (tertiary/aromatic N) is 2. The van der Waals surface area contributed by atoms with Gasteiger partial charge in [-0.3, -0.25) is 9.69 Å². The number of amides is 1. The van der Waals surface area contributed by atoms with Crippen LogP contribution >= 0.6 is 7.77 Å². The van der Waals surface area contributed by atoms with Crippen molar-refractivity contribution in [3.8, 4) is 0 Å². The van der Waals surface area contributed by atoms with Crippen molar-refractivity contribution in [3.63, 3.8) is 0 Å². The fraction of sp³-hybridized carbons (Fsp3) is 0.769. The van der Waals surface area contributed by atoms with Crippen LogP contribution in [0.5, 0.6) is 0 Å². The molecule has 6 heteroatoms. The van der Waals surface area contributed by atoms with Gasteiger partial charge in [0.15, 0.2) is 5.82 Å². The zero-order valence-electron chi connectivity index (χ0n) is 21.2. The fourth-order valence-electron chi connectivity index (χ4n) is 4.53. The van der Waals surface area contributed by atoms with Crippen LogP contribution in [0.15, 0.2) is 24.2 Å². The smallest absolute Gasteiger partial charge is 0.285 e. The Labute approximate surface area is 198 Å². The molecule has 3 aliphatic rings. The molecule has 5 nitrogen and oxygen atoms in total. The Balaban J connectivity index is 0.000000439. The summed E-state index contributed by atoms with van der Waals surface area (Å²) in [6.07, 6.45) is 13.4. The molecule has 3 fully saturated rings. The van der Waals surface area contributed by atoms with Gasteiger partial charge in [0.2, 0.25) is 6.41 Å². The summed E-state index contributed by atoms with van der Waals surface area (Å²) in [6.45, 7) is 17.6. The van der Waals surface area contributed by atoms with Crippen molar-refractivity contribution in [3.05, 3.63) is 24.2 Å². The van der Waals surface area contributed by atoms with E-state index in [4.69, 9.17) is 4.52 Å². The van der Waals surface area contributed by atoms with Crippen molar-refractivity contribution in [2.75, 3.05) is 33.3 Å². The minimum atomic E-state index is -0.601. The summed E-state index contributed by atoms with van der Waals surface area (Å²) in [4.78, 5) is 15.0. The van der Waals surface area contributed by atoms with Gasteiger partial charge in [0.25, 0.3) is 7.77 Å². The molecule has 2 unspecified atom stereocenters. The minimum absolute atomic E-state index is 0.182. The molecule has 1 aliphatic heterocycles. The quantitative estimate of drug-likeness (QED) is 0.277. The van der Waals surface area contributed by atoms with Crippen LogP contribution in [0, 0.1) is 5.92 Å². The summed E-state index contributed by atoms with van der Waals surface area (Å²) in [7, 11) is 1.23. The van der Waals surface area contributed by atoms with Gasteiger partial charge in [0.1, 0.15) is 5.29 Å². The van der Waals surface area contributed by atoms with Gasteiger partial charge in [-0.25, -0.2) is 0 Å². The first-order valence-electron chi connectivity index (χ1n) is 12.6. The molecular formula is C26H47N3O2P+. The molecule has 32 heavy (non-hydrogen) atoms. The lowest BCUT2D eigenvalue weighted by Gasteiger charge is -2.42. The standard InChI is InChI=1S/C21H38N2OP.C5H9NO/c1-6-19(4)25(24-5)17-21(7-2)23-14-13-22(18(3)15-23)16-20-11-9-8-10-12-20;1-5(2-3-5)6-4-7/h7,17-18,20H,2,6,8-16H2,1,3-5H3;4H,2-3H2,1H3,(H,6,7)/q+1;/b21-17+;. The van der Waals surface area contributed by atoms with Gasteiger partial charge in [-0.05, 0) is 58.4 Å². The molecule has 0 spiro atoms. The number of carbonyl (C=O) groups is 1. The first kappa shape index (κ1) is 27.1. The van der Waals surface area contributed by atoms with Crippen LogP contribution in [0.3, 0.4) is 0 Å². The molecule has 1 saturated heterocycles. The van der Waals surface area contributed by atoms with E-state index in [2.05, 4.69) is 48.3 Å². The van der Waals surface area contributed by atoms with E-state index in [1.165, 1.54) is 56.2 Å². The first-order chi connectivity index (χ1) is 15.4. The largest absolute Gasteiger partial charge is 0.366 e. The summed E-state index contributed by atoms with van der Waals surface area (Å²) >= 11 is 0. The van der Waals surface area contributed by atoms with E-state index >= 15 is 0 Å². The monoisotopic (exact) mass is 464 g/mol. The summed E-state index contributed by atoms with van der Waals surface area (Å²) in [6, 6.07) is 0.615. The predicted molar refractivity (Wildman–Crippen MR) is 139 cm³/mol. The maximum Gasteiger partial charge on any atom is 0.285 e. The summed E-state index contributed by atoms with van der Waals surface area (Å²) in [5, 5.41) is 4.15. The Hall–Kier alpha value is -1.16. The second-order valence-corrected chi connectivity index (χ2v) is 12.0. The minimum Gasteiger partial charge on any atom is -0.366 e. The molecule has 1 heterocycles. The van der Waals surface area contributed by atoms with Crippen molar-refractivity contribution >= 4 is 19.5 Å². The second-order valence-electron chi connectivity index (χ2n) is 9.97. The molecule has 0 aromatic heterocycles. The number of hydrogen-bond donors (Lipinski definition) is 1. The second kappa shape index (κ2) is 13.5. The molecule has 2 aliphatic carbocycles. The lowest BCUT2D eigenvalue weighted by molar-refractivity contribution is -0.110. The zero-order valence-corrected chi connectivity index (χ0v) is 22.1. The molecule has 0 bridgehead atoms. The third kappa shape index (κ3) is 8.65. The van der Waals surface area contributed by atoms with Gasteiger partial charge < -0.3 is 10.2 Å². The van der Waals surface area contributed by atoms with Crippen LogP contribution < -0.4 is 5.32 Å². The van der Waals surface area contributed by atoms with Gasteiger partial charge in [0, 0.05) is 44.2 Å². The highest BCUT2D eigenvalue weighted by atomic mass is 31.1. The fourth-order valence-corrected chi connectivity index (χ4v) is 5.99. The summed E-state index contributed by atoms with van der Waals surface area (Å²) in [5.74, 6) is 3.24. The van der Waals surface area contributed by atoms with Crippen molar-refractivity contribution in [2.45, 2.75) is 90.6 Å². The molecule has 0 radical (unpaired) electrons. The SMILES string of the molecule is C=C/C(=C\[P+](OC)=C(/C)CC)N1CCN(CC2CCCCC2)C(C)C1.CC1(NC=O)CC1. The topological polar surface area (TPSA) is 44.8 Å². The normalized spacial score (nSPS) is 24.7. The highest BCUT2D eigenvalue weighted by Crippen LogP contribution is 2.33. The van der Waals surface area contributed by atoms with Crippen molar-refractivity contribution in [1.29, 1.82) is 0 Å². The van der Waals surface area contributed by atoms with E-state index in [0.717, 1.165) is 44.7 Å². The summed E-state index contributed by atoms with van der Waals surface area (Å²) < 4.78 is 5.74. The number of carbonyl (C=O) groups excluding carboxylic acids is 1. The third-order valence-corrected chi connectivity index (χ3v) is 9.26. The average molecular weight is 465 g/mol. The van der Waals surface area contributed by atoms with Crippen molar-refractivity contribution < 1.29 is 9.32 Å². The molecule has 3 rings (SSSR count). The average Bonchev–Trinajstić information content (AvgIpc) is 3.53. The molecule has 2 saturated carbocycles. The molecule has 182 valence electrons. The number of hydrogen-bond acceptors (Lipinski definition) is 4. The predicted octanol–water partition coefficient (Wildman–Crippen LogP) is 5.53. The Kier molecular flexibility index (Phi) is 11.4. The van der Waals surface area contributed by atoms with Gasteiger partial charge in [-0.1, -0.05) is 32.8 Å². The van der Waals surface area contributed by atoms with Crippen molar-refractivity contribution in [1.82, 2.24) is 15.1 Å². The van der Waals surface area contributed by atoms with Gasteiger partial charge in [0.05, 0.1) is 12.8 Å². The van der Waals surface area contributed by atoms with Gasteiger partial charge >= 0.3 is 0 Å². The summed E-state index contributed by atoms with van der Waals surface area (Å²) in [5.41, 5.74) is 1.44. The van der Waals surface area contributed by atoms with E-state index < -0.39 is 7.77 Å². The number of piperazine rings is 1. The van der Waals surface area contributed by atoms with Gasteiger partial charge in [-0.2, -0.15) is 4.52 Å². The lowest BCUT2D eigenvalue weighted by Crippen LogP contribution is -2.52. The molecule has 2 atom stereocenters. The maximum absolute atomic E-state index is 9.75. The number of rotatable bonds is 9. The van der Waals surface area contributed by atoms with Crippen LogP contribution in [0.2, 0.25) is 0 Å². The van der Waals surface area contributed by atoms with E-state index in [1.54, 1.807) is 0 Å². The number of allylic oxidation sites excluding steroid dienone is 1. The van der Waals surface area contributed by atoms with E-state index in [1.807, 2.05) is 20.1 Å². The van der Waals surface area contributed by atoms with Crippen molar-refractivity contribution in [2.24, 2.45) is 5.92 Å². The molecule has 0 aromatic carbocycles. The highest BCUT2D eigenvalue weighted by molar-refractivity contribution is 7.57. The Morgan fingerprint density at radius 2 is 1.94 bits per heavy atom. The molecular weight excluding hydrogens is 417 g/mol. The van der Waals surface area contributed by atoms with Gasteiger partial charge in [-0.15, -0.1) is 0 Å². The maximum atomic E-state index is 9.75. The number of nitrogens with one attached hydrogen (secondary N) is 1.